The van der Waals surface area contributed by atoms with E-state index in [4.69, 9.17) is 5.11 Å². The number of aliphatic carboxylic acids is 1. The van der Waals surface area contributed by atoms with Crippen molar-refractivity contribution in [1.29, 1.82) is 0 Å². The van der Waals surface area contributed by atoms with Crippen molar-refractivity contribution in [2.75, 3.05) is 13.1 Å². The Morgan fingerprint density at radius 1 is 1.45 bits per heavy atom. The van der Waals surface area contributed by atoms with Crippen molar-refractivity contribution in [3.63, 3.8) is 0 Å². The van der Waals surface area contributed by atoms with Crippen LogP contribution < -0.4 is 0 Å². The van der Waals surface area contributed by atoms with Gasteiger partial charge in [-0.2, -0.15) is 4.31 Å². The molecule has 2 heterocycles. The fraction of sp³-hybridized carbons (Fsp3) is 0.667. The summed E-state index contributed by atoms with van der Waals surface area (Å²) in [5.74, 6) is -0.125. The van der Waals surface area contributed by atoms with Crippen LogP contribution in [0.25, 0.3) is 0 Å². The van der Waals surface area contributed by atoms with Crippen LogP contribution in [-0.4, -0.2) is 46.4 Å². The lowest BCUT2D eigenvalue weighted by Gasteiger charge is -2.29. The van der Waals surface area contributed by atoms with E-state index in [1.165, 1.54) is 10.5 Å². The van der Waals surface area contributed by atoms with E-state index in [1.807, 2.05) is 0 Å². The largest absolute Gasteiger partial charge is 0.481 e. The average Bonchev–Trinajstić information content (AvgIpc) is 2.70. The summed E-state index contributed by atoms with van der Waals surface area (Å²) in [6.45, 7) is 2.46. The van der Waals surface area contributed by atoms with Gasteiger partial charge in [-0.25, -0.2) is 13.4 Å². The minimum absolute atomic E-state index is 0.0596. The second kappa shape index (κ2) is 5.53. The zero-order chi connectivity index (χ0) is 14.9. The number of carbonyl (C=O) groups is 1. The first-order valence-corrected chi connectivity index (χ1v) is 7.96. The summed E-state index contributed by atoms with van der Waals surface area (Å²) in [5, 5.41) is 8.82. The van der Waals surface area contributed by atoms with E-state index in [1.54, 1.807) is 18.5 Å². The second-order valence-electron chi connectivity index (χ2n) is 5.18. The first-order valence-electron chi connectivity index (χ1n) is 6.52. The van der Waals surface area contributed by atoms with Crippen molar-refractivity contribution in [3.8, 4) is 0 Å². The molecule has 1 aliphatic heterocycles. The molecular weight excluding hydrogens is 282 g/mol. The molecule has 1 fully saturated rings. The molecule has 8 heteroatoms. The number of sulfonamides is 1. The first kappa shape index (κ1) is 15.0. The summed E-state index contributed by atoms with van der Waals surface area (Å²) in [4.78, 5) is 14.7. The summed E-state index contributed by atoms with van der Waals surface area (Å²) in [5.41, 5.74) is 0. The monoisotopic (exact) mass is 301 g/mol. The van der Waals surface area contributed by atoms with Crippen LogP contribution in [0.2, 0.25) is 0 Å². The third-order valence-electron chi connectivity index (χ3n) is 3.73. The van der Waals surface area contributed by atoms with Gasteiger partial charge in [-0.3, -0.25) is 4.79 Å². The minimum Gasteiger partial charge on any atom is -0.481 e. The molecule has 0 radical (unpaired) electrons. The predicted octanol–water partition coefficient (Wildman–Crippen LogP) is 0.604. The molecule has 7 nitrogen and oxygen atoms in total. The molecule has 0 saturated carbocycles. The lowest BCUT2D eigenvalue weighted by atomic mass is 9.95. The highest BCUT2D eigenvalue weighted by molar-refractivity contribution is 7.89. The van der Waals surface area contributed by atoms with Gasteiger partial charge in [-0.1, -0.05) is 0 Å². The molecule has 0 spiro atoms. The highest BCUT2D eigenvalue weighted by atomic mass is 32.2. The number of aromatic nitrogens is 2. The number of nitrogens with zero attached hydrogens (tertiary/aromatic N) is 3. The third kappa shape index (κ3) is 3.01. The fourth-order valence-electron chi connectivity index (χ4n) is 2.38. The Bertz CT molecular complexity index is 581. The highest BCUT2D eigenvalue weighted by Gasteiger charge is 2.31. The Hall–Kier alpha value is -1.41. The van der Waals surface area contributed by atoms with Crippen LogP contribution in [0.3, 0.4) is 0 Å². The normalized spacial score (nSPS) is 18.3. The van der Waals surface area contributed by atoms with Crippen LogP contribution in [0, 0.1) is 12.8 Å². The molecule has 0 aromatic carbocycles. The number of piperidine rings is 1. The number of imidazole rings is 1. The molecule has 0 amide bonds. The van der Waals surface area contributed by atoms with Crippen LogP contribution in [-0.2, 0) is 21.9 Å². The molecule has 112 valence electrons. The molecule has 1 saturated heterocycles. The van der Waals surface area contributed by atoms with Crippen LogP contribution in [0.1, 0.15) is 25.1 Å². The number of rotatable bonds is 4. The van der Waals surface area contributed by atoms with Crippen molar-refractivity contribution >= 4 is 16.0 Å². The van der Waals surface area contributed by atoms with Gasteiger partial charge in [0.1, 0.15) is 5.82 Å². The summed E-state index contributed by atoms with van der Waals surface area (Å²) in [7, 11) is -1.81. The third-order valence-corrected chi connectivity index (χ3v) is 5.50. The predicted molar refractivity (Wildman–Crippen MR) is 71.7 cm³/mol. The average molecular weight is 301 g/mol. The van der Waals surface area contributed by atoms with E-state index in [0.29, 0.717) is 31.8 Å². The highest BCUT2D eigenvalue weighted by Crippen LogP contribution is 2.25. The van der Waals surface area contributed by atoms with Crippen LogP contribution in [0.5, 0.6) is 0 Å². The lowest BCUT2D eigenvalue weighted by Crippen LogP contribution is -2.39. The zero-order valence-corrected chi connectivity index (χ0v) is 12.4. The molecule has 2 rings (SSSR count). The molecule has 1 aromatic rings. The van der Waals surface area contributed by atoms with Gasteiger partial charge in [0.25, 0.3) is 10.0 Å². The van der Waals surface area contributed by atoms with E-state index < -0.39 is 16.0 Å². The van der Waals surface area contributed by atoms with Gasteiger partial charge >= 0.3 is 5.97 Å². The van der Waals surface area contributed by atoms with E-state index in [9.17, 15) is 13.2 Å². The number of carboxylic acids is 1. The van der Waals surface area contributed by atoms with E-state index in [2.05, 4.69) is 4.98 Å². The SMILES string of the molecule is Cc1nc(S(=O)(=O)N2CCC(CC(=O)O)CC2)cn1C. The van der Waals surface area contributed by atoms with Crippen molar-refractivity contribution in [2.24, 2.45) is 13.0 Å². The number of hydrogen-bond donors (Lipinski definition) is 1. The number of aryl methyl sites for hydroxylation is 2. The van der Waals surface area contributed by atoms with Gasteiger partial charge in [0, 0.05) is 32.8 Å². The van der Waals surface area contributed by atoms with Gasteiger partial charge < -0.3 is 9.67 Å². The van der Waals surface area contributed by atoms with Gasteiger partial charge in [0.2, 0.25) is 0 Å². The van der Waals surface area contributed by atoms with E-state index in [-0.39, 0.29) is 17.4 Å². The van der Waals surface area contributed by atoms with Gasteiger partial charge in [-0.05, 0) is 25.7 Å². The molecule has 0 bridgehead atoms. The van der Waals surface area contributed by atoms with Crippen LogP contribution >= 0.6 is 0 Å². The smallest absolute Gasteiger partial charge is 0.303 e. The molecule has 1 N–H and O–H groups in total. The van der Waals surface area contributed by atoms with Gasteiger partial charge in [0.05, 0.1) is 0 Å². The van der Waals surface area contributed by atoms with Gasteiger partial charge in [0.15, 0.2) is 5.03 Å². The zero-order valence-electron chi connectivity index (χ0n) is 11.6. The molecule has 1 aromatic heterocycles. The Morgan fingerprint density at radius 2 is 2.05 bits per heavy atom. The maximum Gasteiger partial charge on any atom is 0.303 e. The Kier molecular flexibility index (Phi) is 4.14. The summed E-state index contributed by atoms with van der Waals surface area (Å²) in [6, 6.07) is 0. The van der Waals surface area contributed by atoms with E-state index in [0.717, 1.165) is 0 Å². The molecular formula is C12H19N3O4S. The fourth-order valence-corrected chi connectivity index (χ4v) is 3.88. The molecule has 0 aliphatic carbocycles. The topological polar surface area (TPSA) is 92.5 Å². The maximum absolute atomic E-state index is 12.4. The van der Waals surface area contributed by atoms with E-state index >= 15 is 0 Å². The number of carboxylic acid groups (broad SMARTS) is 1. The van der Waals surface area contributed by atoms with Crippen molar-refractivity contribution in [3.05, 3.63) is 12.0 Å². The Balaban J connectivity index is 2.07. The Labute approximate surface area is 118 Å². The Morgan fingerprint density at radius 3 is 2.50 bits per heavy atom. The summed E-state index contributed by atoms with van der Waals surface area (Å²) in [6.07, 6.45) is 2.78. The van der Waals surface area contributed by atoms with Crippen LogP contribution in [0.4, 0.5) is 0 Å². The van der Waals surface area contributed by atoms with Gasteiger partial charge in [-0.15, -0.1) is 0 Å². The van der Waals surface area contributed by atoms with Crippen molar-refractivity contribution < 1.29 is 18.3 Å². The molecule has 20 heavy (non-hydrogen) atoms. The summed E-state index contributed by atoms with van der Waals surface area (Å²) < 4.78 is 27.9. The maximum atomic E-state index is 12.4. The second-order valence-corrected chi connectivity index (χ2v) is 7.07. The molecule has 1 aliphatic rings. The summed E-state index contributed by atoms with van der Waals surface area (Å²) >= 11 is 0. The lowest BCUT2D eigenvalue weighted by molar-refractivity contribution is -0.138. The van der Waals surface area contributed by atoms with Crippen molar-refractivity contribution in [2.45, 2.75) is 31.2 Å². The minimum atomic E-state index is -3.56. The molecule has 0 unspecified atom stereocenters. The number of hydrogen-bond acceptors (Lipinski definition) is 4. The quantitative estimate of drug-likeness (QED) is 0.879. The van der Waals surface area contributed by atoms with Crippen molar-refractivity contribution in [1.82, 2.24) is 13.9 Å². The first-order chi connectivity index (χ1) is 9.30. The molecule has 0 atom stereocenters. The standard InChI is InChI=1S/C12H19N3O4S/c1-9-13-11(8-14(9)2)20(18,19)15-5-3-10(4-6-15)7-12(16)17/h8,10H,3-7H2,1-2H3,(H,16,17). The van der Waals surface area contributed by atoms with Crippen LogP contribution in [0.15, 0.2) is 11.2 Å².